The van der Waals surface area contributed by atoms with Crippen molar-refractivity contribution in [2.75, 3.05) is 26.2 Å². The average Bonchev–Trinajstić information content (AvgIpc) is 2.94. The number of carbonyl (C=O) groups is 2. The molecule has 0 aliphatic carbocycles. The normalized spacial score (nSPS) is 21.5. The Bertz CT molecular complexity index is 687. The van der Waals surface area contributed by atoms with Gasteiger partial charge in [0, 0.05) is 19.5 Å². The maximum absolute atomic E-state index is 13.1. The van der Waals surface area contributed by atoms with Crippen LogP contribution >= 0.6 is 0 Å². The van der Waals surface area contributed by atoms with Gasteiger partial charge in [0.25, 0.3) is 0 Å². The summed E-state index contributed by atoms with van der Waals surface area (Å²) in [6.45, 7) is 2.24. The van der Waals surface area contributed by atoms with Crippen LogP contribution in [0.2, 0.25) is 0 Å². The first-order valence-electron chi connectivity index (χ1n) is 9.27. The third-order valence-electron chi connectivity index (χ3n) is 5.08. The molecule has 0 unspecified atom stereocenters. The highest BCUT2D eigenvalue weighted by molar-refractivity contribution is 5.83. The van der Waals surface area contributed by atoms with E-state index in [0.717, 1.165) is 32.0 Å². The summed E-state index contributed by atoms with van der Waals surface area (Å²) in [6.07, 6.45) is -0.978. The van der Waals surface area contributed by atoms with E-state index in [1.54, 1.807) is 0 Å². The first-order valence-corrected chi connectivity index (χ1v) is 9.27. The van der Waals surface area contributed by atoms with Crippen molar-refractivity contribution in [3.63, 3.8) is 0 Å². The van der Waals surface area contributed by atoms with Crippen molar-refractivity contribution in [1.29, 1.82) is 0 Å². The molecule has 1 aromatic rings. The molecule has 0 aromatic heterocycles. The first-order chi connectivity index (χ1) is 12.8. The summed E-state index contributed by atoms with van der Waals surface area (Å²) in [5.41, 5.74) is -0.658. The predicted octanol–water partition coefficient (Wildman–Crippen LogP) is 2.41. The van der Waals surface area contributed by atoms with Crippen LogP contribution in [-0.4, -0.2) is 53.8 Å². The Morgan fingerprint density at radius 2 is 1.85 bits per heavy atom. The highest BCUT2D eigenvalue weighted by atomic mass is 19.4. The molecular formula is C19H24F3N3O2. The molecule has 0 saturated carbocycles. The fourth-order valence-corrected chi connectivity index (χ4v) is 3.76. The van der Waals surface area contributed by atoms with Crippen LogP contribution in [0.15, 0.2) is 24.3 Å². The summed E-state index contributed by atoms with van der Waals surface area (Å²) in [4.78, 5) is 27.9. The Hall–Kier alpha value is -2.09. The maximum Gasteiger partial charge on any atom is 0.416 e. The summed E-state index contributed by atoms with van der Waals surface area (Å²) < 4.78 is 39.4. The number of nitrogens with zero attached hydrogens (tertiary/aromatic N) is 2. The Balaban J connectivity index is 1.56. The van der Waals surface area contributed by atoms with E-state index in [9.17, 15) is 22.8 Å². The minimum atomic E-state index is -4.46. The third kappa shape index (κ3) is 5.22. The van der Waals surface area contributed by atoms with Crippen molar-refractivity contribution in [3.05, 3.63) is 35.4 Å². The highest BCUT2D eigenvalue weighted by Gasteiger charge is 2.36. The van der Waals surface area contributed by atoms with Crippen molar-refractivity contribution < 1.29 is 22.8 Å². The van der Waals surface area contributed by atoms with Gasteiger partial charge in [-0.15, -0.1) is 0 Å². The Morgan fingerprint density at radius 3 is 2.56 bits per heavy atom. The van der Waals surface area contributed by atoms with E-state index < -0.39 is 11.7 Å². The van der Waals surface area contributed by atoms with Gasteiger partial charge >= 0.3 is 6.18 Å². The van der Waals surface area contributed by atoms with Gasteiger partial charge in [0.15, 0.2) is 0 Å². The van der Waals surface area contributed by atoms with Crippen molar-refractivity contribution in [3.8, 4) is 0 Å². The topological polar surface area (TPSA) is 52.7 Å². The largest absolute Gasteiger partial charge is 0.416 e. The quantitative estimate of drug-likeness (QED) is 0.850. The number of nitrogens with one attached hydrogen (secondary N) is 1. The number of carbonyl (C=O) groups excluding carboxylic acids is 2. The minimum Gasteiger partial charge on any atom is -0.350 e. The Morgan fingerprint density at radius 1 is 1.15 bits per heavy atom. The standard InChI is InChI=1S/C19H24F3N3O2/c20-19(21,22)16-7-3-2-6-14(16)11-25-12-15(10-18(25)27)23-17(26)13-24-8-4-1-5-9-24/h2-3,6-7,15H,1,4-5,8-13H2,(H,23,26)/t15-/m0/s1. The molecule has 2 fully saturated rings. The van der Waals surface area contributed by atoms with E-state index in [4.69, 9.17) is 0 Å². The van der Waals surface area contributed by atoms with Crippen molar-refractivity contribution in [2.45, 2.75) is 44.4 Å². The van der Waals surface area contributed by atoms with Crippen molar-refractivity contribution in [2.24, 2.45) is 0 Å². The summed E-state index contributed by atoms with van der Waals surface area (Å²) in [7, 11) is 0. The lowest BCUT2D eigenvalue weighted by molar-refractivity contribution is -0.139. The van der Waals surface area contributed by atoms with Crippen LogP contribution in [0.3, 0.4) is 0 Å². The second-order valence-corrected chi connectivity index (χ2v) is 7.23. The van der Waals surface area contributed by atoms with E-state index in [1.165, 1.54) is 29.5 Å². The second kappa shape index (κ2) is 8.29. The van der Waals surface area contributed by atoms with E-state index in [-0.39, 0.29) is 42.9 Å². The van der Waals surface area contributed by atoms with Crippen molar-refractivity contribution >= 4 is 11.8 Å². The molecule has 0 spiro atoms. The number of piperidine rings is 1. The van der Waals surface area contributed by atoms with Crippen LogP contribution in [0.1, 0.15) is 36.8 Å². The number of benzene rings is 1. The molecule has 8 heteroatoms. The smallest absolute Gasteiger partial charge is 0.350 e. The number of halogens is 3. The molecule has 3 rings (SSSR count). The van der Waals surface area contributed by atoms with Gasteiger partial charge in [-0.3, -0.25) is 14.5 Å². The number of hydrogen-bond donors (Lipinski definition) is 1. The van der Waals surface area contributed by atoms with Crippen LogP contribution in [0.4, 0.5) is 13.2 Å². The zero-order chi connectivity index (χ0) is 19.4. The molecular weight excluding hydrogens is 359 g/mol. The summed E-state index contributed by atoms with van der Waals surface area (Å²) in [6, 6.07) is 4.92. The number of rotatable bonds is 5. The van der Waals surface area contributed by atoms with Gasteiger partial charge in [0.05, 0.1) is 18.2 Å². The zero-order valence-electron chi connectivity index (χ0n) is 15.1. The second-order valence-electron chi connectivity index (χ2n) is 7.23. The number of amides is 2. The fourth-order valence-electron chi connectivity index (χ4n) is 3.76. The molecule has 2 saturated heterocycles. The van der Waals surface area contributed by atoms with Crippen molar-refractivity contribution in [1.82, 2.24) is 15.1 Å². The third-order valence-corrected chi connectivity index (χ3v) is 5.08. The highest BCUT2D eigenvalue weighted by Crippen LogP contribution is 2.32. The Kier molecular flexibility index (Phi) is 6.04. The predicted molar refractivity (Wildman–Crippen MR) is 93.7 cm³/mol. The lowest BCUT2D eigenvalue weighted by Gasteiger charge is -2.26. The van der Waals surface area contributed by atoms with E-state index >= 15 is 0 Å². The molecule has 2 aliphatic heterocycles. The van der Waals surface area contributed by atoms with Gasteiger partial charge in [-0.05, 0) is 37.6 Å². The lowest BCUT2D eigenvalue weighted by Crippen LogP contribution is -2.44. The number of likely N-dealkylation sites (tertiary alicyclic amines) is 2. The lowest BCUT2D eigenvalue weighted by atomic mass is 10.1. The summed E-state index contributed by atoms with van der Waals surface area (Å²) >= 11 is 0. The van der Waals surface area contributed by atoms with Crippen LogP contribution < -0.4 is 5.32 Å². The minimum absolute atomic E-state index is 0.0682. The van der Waals surface area contributed by atoms with Crippen LogP contribution in [0.5, 0.6) is 0 Å². The first kappa shape index (κ1) is 19.7. The number of alkyl halides is 3. The van der Waals surface area contributed by atoms with Gasteiger partial charge in [-0.2, -0.15) is 13.2 Å². The van der Waals surface area contributed by atoms with Gasteiger partial charge in [-0.1, -0.05) is 24.6 Å². The Labute approximate surface area is 156 Å². The summed E-state index contributed by atoms with van der Waals surface area (Å²) in [5.74, 6) is -0.373. The maximum atomic E-state index is 13.1. The van der Waals surface area contributed by atoms with Crippen LogP contribution in [0.25, 0.3) is 0 Å². The molecule has 1 N–H and O–H groups in total. The molecule has 0 radical (unpaired) electrons. The van der Waals surface area contributed by atoms with Gasteiger partial charge < -0.3 is 10.2 Å². The van der Waals surface area contributed by atoms with E-state index in [1.807, 2.05) is 0 Å². The average molecular weight is 383 g/mol. The van der Waals surface area contributed by atoms with Crippen LogP contribution in [-0.2, 0) is 22.3 Å². The van der Waals surface area contributed by atoms with E-state index in [2.05, 4.69) is 10.2 Å². The molecule has 27 heavy (non-hydrogen) atoms. The summed E-state index contributed by atoms with van der Waals surface area (Å²) in [5, 5.41) is 2.85. The number of hydrogen-bond acceptors (Lipinski definition) is 3. The van der Waals surface area contributed by atoms with Gasteiger partial charge in [-0.25, -0.2) is 0 Å². The molecule has 1 aromatic carbocycles. The van der Waals surface area contributed by atoms with Gasteiger partial charge in [0.1, 0.15) is 0 Å². The SMILES string of the molecule is O=C(CN1CCCCC1)N[C@H]1CC(=O)N(Cc2ccccc2C(F)(F)F)C1. The van der Waals surface area contributed by atoms with Crippen LogP contribution in [0, 0.1) is 0 Å². The zero-order valence-corrected chi connectivity index (χ0v) is 15.1. The molecule has 148 valence electrons. The fraction of sp³-hybridized carbons (Fsp3) is 0.579. The molecule has 0 bridgehead atoms. The molecule has 2 heterocycles. The molecule has 2 aliphatic rings. The van der Waals surface area contributed by atoms with E-state index in [0.29, 0.717) is 6.54 Å². The monoisotopic (exact) mass is 383 g/mol. The molecule has 2 amide bonds. The molecule has 1 atom stereocenters. The van der Waals surface area contributed by atoms with Gasteiger partial charge in [0.2, 0.25) is 11.8 Å². The molecule has 5 nitrogen and oxygen atoms in total.